The van der Waals surface area contributed by atoms with Crippen molar-refractivity contribution in [1.82, 2.24) is 9.97 Å². The zero-order valence-corrected chi connectivity index (χ0v) is 11.2. The Kier molecular flexibility index (Phi) is 5.94. The van der Waals surface area contributed by atoms with Gasteiger partial charge in [0.25, 0.3) is 0 Å². The van der Waals surface area contributed by atoms with E-state index in [0.717, 1.165) is 0 Å². The highest BCUT2D eigenvalue weighted by molar-refractivity contribution is 5.70. The van der Waals surface area contributed by atoms with Crippen molar-refractivity contribution in [3.8, 4) is 0 Å². The number of anilines is 2. The molecule has 0 fully saturated rings. The van der Waals surface area contributed by atoms with Gasteiger partial charge >= 0.3 is 5.69 Å². The minimum Gasteiger partial charge on any atom is -0.396 e. The Labute approximate surface area is 111 Å². The van der Waals surface area contributed by atoms with Crippen molar-refractivity contribution in [3.63, 3.8) is 0 Å². The number of nitro groups is 1. The second kappa shape index (κ2) is 7.47. The van der Waals surface area contributed by atoms with Gasteiger partial charge in [0.05, 0.1) is 4.92 Å². The van der Waals surface area contributed by atoms with Crippen molar-refractivity contribution in [2.75, 3.05) is 36.5 Å². The van der Waals surface area contributed by atoms with Crippen LogP contribution in [0.2, 0.25) is 0 Å². The molecule has 0 radical (unpaired) electrons. The lowest BCUT2D eigenvalue weighted by molar-refractivity contribution is -0.383. The zero-order valence-electron chi connectivity index (χ0n) is 11.2. The molecule has 0 amide bonds. The maximum Gasteiger partial charge on any atom is 0.353 e. The first-order chi connectivity index (χ1) is 9.15. The van der Waals surface area contributed by atoms with Gasteiger partial charge in [-0.15, -0.1) is 0 Å². The second-order valence-electron chi connectivity index (χ2n) is 3.84. The molecule has 0 aliphatic carbocycles. The minimum atomic E-state index is -0.477. The summed E-state index contributed by atoms with van der Waals surface area (Å²) in [5.74, 6) is 0.506. The predicted octanol–water partition coefficient (Wildman–Crippen LogP) is 1.03. The van der Waals surface area contributed by atoms with Crippen molar-refractivity contribution in [3.05, 3.63) is 16.4 Å². The number of hydrogen-bond acceptors (Lipinski definition) is 7. The van der Waals surface area contributed by atoms with E-state index in [1.54, 1.807) is 4.90 Å². The third-order valence-electron chi connectivity index (χ3n) is 2.60. The fraction of sp³-hybridized carbons (Fsp3) is 0.636. The van der Waals surface area contributed by atoms with E-state index in [1.165, 1.54) is 6.33 Å². The Morgan fingerprint density at radius 2 is 2.21 bits per heavy atom. The van der Waals surface area contributed by atoms with Crippen LogP contribution in [-0.2, 0) is 0 Å². The van der Waals surface area contributed by atoms with Crippen LogP contribution in [0.5, 0.6) is 0 Å². The Morgan fingerprint density at radius 1 is 1.47 bits per heavy atom. The molecule has 8 nitrogen and oxygen atoms in total. The summed E-state index contributed by atoms with van der Waals surface area (Å²) in [6, 6.07) is 0. The molecule has 106 valence electrons. The maximum absolute atomic E-state index is 11.2. The zero-order chi connectivity index (χ0) is 14.3. The normalized spacial score (nSPS) is 10.3. The smallest absolute Gasteiger partial charge is 0.353 e. The van der Waals surface area contributed by atoms with E-state index in [1.807, 2.05) is 13.8 Å². The van der Waals surface area contributed by atoms with Crippen molar-refractivity contribution < 1.29 is 10.0 Å². The largest absolute Gasteiger partial charge is 0.396 e. The van der Waals surface area contributed by atoms with Gasteiger partial charge in [0.15, 0.2) is 0 Å². The van der Waals surface area contributed by atoms with Gasteiger partial charge in [-0.25, -0.2) is 9.97 Å². The Balaban J connectivity index is 3.16. The number of nitrogens with zero attached hydrogens (tertiary/aromatic N) is 4. The summed E-state index contributed by atoms with van der Waals surface area (Å²) in [6.45, 7) is 5.39. The summed E-state index contributed by atoms with van der Waals surface area (Å²) in [5, 5.41) is 23.0. The van der Waals surface area contributed by atoms with Gasteiger partial charge < -0.3 is 15.3 Å². The van der Waals surface area contributed by atoms with E-state index >= 15 is 0 Å². The van der Waals surface area contributed by atoms with Gasteiger partial charge in [-0.1, -0.05) is 0 Å². The highest BCUT2D eigenvalue weighted by Crippen LogP contribution is 2.31. The quantitative estimate of drug-likeness (QED) is 0.536. The fourth-order valence-corrected chi connectivity index (χ4v) is 1.74. The van der Waals surface area contributed by atoms with Gasteiger partial charge in [-0.05, 0) is 20.3 Å². The van der Waals surface area contributed by atoms with E-state index in [-0.39, 0.29) is 23.9 Å². The van der Waals surface area contributed by atoms with Crippen molar-refractivity contribution in [1.29, 1.82) is 0 Å². The van der Waals surface area contributed by atoms with Crippen LogP contribution in [0, 0.1) is 10.1 Å². The SMILES string of the molecule is CCNc1ncnc(N(CC)CCCO)c1[N+](=O)[O-]. The molecule has 1 aromatic rings. The molecular formula is C11H19N5O3. The first-order valence-electron chi connectivity index (χ1n) is 6.24. The van der Waals surface area contributed by atoms with Gasteiger partial charge in [-0.3, -0.25) is 10.1 Å². The molecule has 1 heterocycles. The average molecular weight is 269 g/mol. The summed E-state index contributed by atoms with van der Waals surface area (Å²) < 4.78 is 0. The molecule has 1 aromatic heterocycles. The highest BCUT2D eigenvalue weighted by Gasteiger charge is 2.25. The highest BCUT2D eigenvalue weighted by atomic mass is 16.6. The lowest BCUT2D eigenvalue weighted by atomic mass is 10.3. The molecule has 0 spiro atoms. The first-order valence-corrected chi connectivity index (χ1v) is 6.24. The minimum absolute atomic E-state index is 0.0372. The molecular weight excluding hydrogens is 250 g/mol. The lowest BCUT2D eigenvalue weighted by Crippen LogP contribution is -2.27. The van der Waals surface area contributed by atoms with Gasteiger partial charge in [-0.2, -0.15) is 0 Å². The molecule has 2 N–H and O–H groups in total. The summed E-state index contributed by atoms with van der Waals surface area (Å²) in [4.78, 5) is 20.4. The molecule has 0 saturated carbocycles. The van der Waals surface area contributed by atoms with E-state index in [9.17, 15) is 10.1 Å². The van der Waals surface area contributed by atoms with Crippen LogP contribution in [0.3, 0.4) is 0 Å². The van der Waals surface area contributed by atoms with Gasteiger partial charge in [0.1, 0.15) is 6.33 Å². The number of aliphatic hydroxyl groups excluding tert-OH is 1. The first kappa shape index (κ1) is 15.1. The number of aliphatic hydroxyl groups is 1. The summed E-state index contributed by atoms with van der Waals surface area (Å²) >= 11 is 0. The molecule has 0 atom stereocenters. The van der Waals surface area contributed by atoms with Crippen LogP contribution < -0.4 is 10.2 Å². The maximum atomic E-state index is 11.2. The van der Waals surface area contributed by atoms with E-state index < -0.39 is 4.92 Å². The monoisotopic (exact) mass is 269 g/mol. The van der Waals surface area contributed by atoms with E-state index in [4.69, 9.17) is 5.11 Å². The number of rotatable bonds is 8. The van der Waals surface area contributed by atoms with Crippen molar-refractivity contribution >= 4 is 17.3 Å². The topological polar surface area (TPSA) is 104 Å². The number of aromatic nitrogens is 2. The van der Waals surface area contributed by atoms with Crippen LogP contribution >= 0.6 is 0 Å². The van der Waals surface area contributed by atoms with E-state index in [2.05, 4.69) is 15.3 Å². The second-order valence-corrected chi connectivity index (χ2v) is 3.84. The standard InChI is InChI=1S/C11H19N5O3/c1-3-12-10-9(16(18)19)11(14-8-13-10)15(4-2)6-5-7-17/h8,17H,3-7H2,1-2H3,(H,12,13,14). The van der Waals surface area contributed by atoms with Crippen molar-refractivity contribution in [2.45, 2.75) is 20.3 Å². The lowest BCUT2D eigenvalue weighted by Gasteiger charge is -2.21. The molecule has 1 rings (SSSR count). The van der Waals surface area contributed by atoms with Crippen LogP contribution in [0.15, 0.2) is 6.33 Å². The molecule has 0 bridgehead atoms. The molecule has 8 heteroatoms. The summed E-state index contributed by atoms with van der Waals surface area (Å²) in [6.07, 6.45) is 1.84. The Bertz CT molecular complexity index is 427. The number of hydrogen-bond donors (Lipinski definition) is 2. The van der Waals surface area contributed by atoms with Crippen LogP contribution in [0.25, 0.3) is 0 Å². The van der Waals surface area contributed by atoms with Crippen LogP contribution in [-0.4, -0.2) is 46.2 Å². The third kappa shape index (κ3) is 3.75. The fourth-order valence-electron chi connectivity index (χ4n) is 1.74. The molecule has 0 saturated heterocycles. The Morgan fingerprint density at radius 3 is 2.74 bits per heavy atom. The molecule has 0 aliphatic heterocycles. The summed E-state index contributed by atoms with van der Waals surface area (Å²) in [5.41, 5.74) is -0.121. The van der Waals surface area contributed by atoms with Crippen LogP contribution in [0.1, 0.15) is 20.3 Å². The predicted molar refractivity (Wildman–Crippen MR) is 72.4 cm³/mol. The molecule has 0 aliphatic rings. The van der Waals surface area contributed by atoms with Gasteiger partial charge in [0.2, 0.25) is 11.6 Å². The van der Waals surface area contributed by atoms with Crippen molar-refractivity contribution in [2.24, 2.45) is 0 Å². The molecule has 19 heavy (non-hydrogen) atoms. The van der Waals surface area contributed by atoms with E-state index in [0.29, 0.717) is 26.1 Å². The average Bonchev–Trinajstić information content (AvgIpc) is 2.40. The molecule has 0 unspecified atom stereocenters. The third-order valence-corrected chi connectivity index (χ3v) is 2.60. The molecule has 0 aromatic carbocycles. The van der Waals surface area contributed by atoms with Gasteiger partial charge in [0, 0.05) is 26.2 Å². The summed E-state index contributed by atoms with van der Waals surface area (Å²) in [7, 11) is 0. The number of nitrogens with one attached hydrogen (secondary N) is 1. The Hall–Kier alpha value is -1.96. The van der Waals surface area contributed by atoms with Crippen LogP contribution in [0.4, 0.5) is 17.3 Å².